The topological polar surface area (TPSA) is 95.9 Å². The van der Waals surface area contributed by atoms with Crippen molar-refractivity contribution in [3.05, 3.63) is 12.2 Å². The minimum atomic E-state index is -0.694. The maximum Gasteiger partial charge on any atom is 0.305 e. The van der Waals surface area contributed by atoms with Crippen LogP contribution in [0.15, 0.2) is 12.2 Å². The first-order chi connectivity index (χ1) is 29.0. The number of aliphatic hydroxyl groups excluding tert-OH is 2. The van der Waals surface area contributed by atoms with E-state index in [1.807, 2.05) is 0 Å². The molecule has 350 valence electrons. The first-order valence-corrected chi connectivity index (χ1v) is 26.4. The van der Waals surface area contributed by atoms with E-state index in [1.165, 1.54) is 186 Å². The summed E-state index contributed by atoms with van der Waals surface area (Å²) >= 11 is 0. The quantitative estimate of drug-likeness (QED) is 0.0322. The molecule has 0 rings (SSSR count). The summed E-state index contributed by atoms with van der Waals surface area (Å²) in [7, 11) is 0. The highest BCUT2D eigenvalue weighted by molar-refractivity contribution is 5.76. The van der Waals surface area contributed by atoms with E-state index in [-0.39, 0.29) is 18.5 Å². The summed E-state index contributed by atoms with van der Waals surface area (Å²) < 4.78 is 5.42. The highest BCUT2D eigenvalue weighted by atomic mass is 16.5. The van der Waals surface area contributed by atoms with Crippen molar-refractivity contribution in [2.75, 3.05) is 13.2 Å². The lowest BCUT2D eigenvalue weighted by Gasteiger charge is -2.22. The third-order valence-corrected chi connectivity index (χ3v) is 12.3. The fourth-order valence-electron chi connectivity index (χ4n) is 8.23. The van der Waals surface area contributed by atoms with Crippen LogP contribution in [0.1, 0.15) is 290 Å². The molecular weight excluding hydrogens is 731 g/mol. The molecular formula is C53H103NO5. The van der Waals surface area contributed by atoms with Gasteiger partial charge in [0, 0.05) is 12.8 Å². The molecule has 1 amide bonds. The summed E-state index contributed by atoms with van der Waals surface area (Å²) in [5.74, 6) is -0.128. The van der Waals surface area contributed by atoms with Crippen LogP contribution in [-0.4, -0.2) is 47.4 Å². The average Bonchev–Trinajstić information content (AvgIpc) is 3.24. The maximum atomic E-state index is 12.4. The number of hydrogen-bond donors (Lipinski definition) is 3. The molecule has 0 aliphatic carbocycles. The Morgan fingerprint density at radius 3 is 1.24 bits per heavy atom. The zero-order chi connectivity index (χ0) is 43.0. The van der Waals surface area contributed by atoms with E-state index >= 15 is 0 Å². The summed E-state index contributed by atoms with van der Waals surface area (Å²) in [5.41, 5.74) is 0. The maximum absolute atomic E-state index is 12.4. The molecule has 6 heteroatoms. The molecule has 0 aromatic rings. The predicted molar refractivity (Wildman–Crippen MR) is 255 cm³/mol. The van der Waals surface area contributed by atoms with Crippen molar-refractivity contribution >= 4 is 11.9 Å². The van der Waals surface area contributed by atoms with Gasteiger partial charge in [0.2, 0.25) is 5.91 Å². The van der Waals surface area contributed by atoms with Crippen LogP contribution < -0.4 is 5.32 Å². The van der Waals surface area contributed by atoms with Crippen molar-refractivity contribution in [2.24, 2.45) is 0 Å². The fourth-order valence-corrected chi connectivity index (χ4v) is 8.23. The monoisotopic (exact) mass is 834 g/mol. The number of carbonyl (C=O) groups excluding carboxylic acids is 2. The Bertz CT molecular complexity index is 878. The van der Waals surface area contributed by atoms with Gasteiger partial charge in [-0.3, -0.25) is 9.59 Å². The minimum absolute atomic E-state index is 0.0352. The first kappa shape index (κ1) is 57.6. The SMILES string of the molecule is CCCCCCCCCCCCCCCCCCCCCCCCC(O)C(CO)NC(=O)CCC/C=C\CCCCCCOC(=O)CCCCCCCCCCCCC. The van der Waals surface area contributed by atoms with E-state index in [0.717, 1.165) is 70.6 Å². The van der Waals surface area contributed by atoms with Gasteiger partial charge in [-0.15, -0.1) is 0 Å². The Hall–Kier alpha value is -1.40. The van der Waals surface area contributed by atoms with Gasteiger partial charge in [-0.05, 0) is 44.9 Å². The summed E-state index contributed by atoms with van der Waals surface area (Å²) in [5, 5.41) is 23.2. The van der Waals surface area contributed by atoms with E-state index in [2.05, 4.69) is 31.3 Å². The highest BCUT2D eigenvalue weighted by Gasteiger charge is 2.20. The van der Waals surface area contributed by atoms with Gasteiger partial charge in [0.1, 0.15) is 0 Å². The van der Waals surface area contributed by atoms with Crippen LogP contribution >= 0.6 is 0 Å². The molecule has 0 saturated carbocycles. The Labute approximate surface area is 368 Å². The number of amides is 1. The fraction of sp³-hybridized carbons (Fsp3) is 0.925. The smallest absolute Gasteiger partial charge is 0.305 e. The lowest BCUT2D eigenvalue weighted by molar-refractivity contribution is -0.143. The van der Waals surface area contributed by atoms with Crippen LogP contribution in [0.4, 0.5) is 0 Å². The van der Waals surface area contributed by atoms with E-state index in [0.29, 0.717) is 25.9 Å². The molecule has 0 spiro atoms. The second-order valence-electron chi connectivity index (χ2n) is 18.2. The van der Waals surface area contributed by atoms with Crippen LogP contribution in [0.2, 0.25) is 0 Å². The van der Waals surface area contributed by atoms with E-state index < -0.39 is 12.1 Å². The molecule has 59 heavy (non-hydrogen) atoms. The highest BCUT2D eigenvalue weighted by Crippen LogP contribution is 2.17. The zero-order valence-corrected chi connectivity index (χ0v) is 39.7. The van der Waals surface area contributed by atoms with Gasteiger partial charge in [-0.25, -0.2) is 0 Å². The number of ether oxygens (including phenoxy) is 1. The van der Waals surface area contributed by atoms with E-state index in [9.17, 15) is 19.8 Å². The lowest BCUT2D eigenvalue weighted by Crippen LogP contribution is -2.45. The molecule has 0 heterocycles. The summed E-state index contributed by atoms with van der Waals surface area (Å²) in [6.45, 7) is 4.87. The Balaban J connectivity index is 3.52. The van der Waals surface area contributed by atoms with Gasteiger partial charge in [-0.2, -0.15) is 0 Å². The molecule has 0 fully saturated rings. The first-order valence-electron chi connectivity index (χ1n) is 26.4. The largest absolute Gasteiger partial charge is 0.466 e. The molecule has 0 aromatic heterocycles. The molecule has 6 nitrogen and oxygen atoms in total. The Kier molecular flexibility index (Phi) is 48.1. The second kappa shape index (κ2) is 49.3. The number of rotatable bonds is 49. The third kappa shape index (κ3) is 45.9. The molecule has 2 unspecified atom stereocenters. The molecule has 0 bridgehead atoms. The van der Waals surface area contributed by atoms with Crippen molar-refractivity contribution in [1.29, 1.82) is 0 Å². The predicted octanol–water partition coefficient (Wildman–Crippen LogP) is 15.7. The van der Waals surface area contributed by atoms with Gasteiger partial charge >= 0.3 is 5.97 Å². The molecule has 0 aromatic carbocycles. The Morgan fingerprint density at radius 2 is 0.814 bits per heavy atom. The van der Waals surface area contributed by atoms with Crippen LogP contribution in [-0.2, 0) is 14.3 Å². The van der Waals surface area contributed by atoms with Gasteiger partial charge in [-0.1, -0.05) is 244 Å². The molecule has 3 N–H and O–H groups in total. The van der Waals surface area contributed by atoms with Crippen LogP contribution in [0, 0.1) is 0 Å². The summed E-state index contributed by atoms with van der Waals surface area (Å²) in [6, 6.07) is -0.578. The number of aliphatic hydroxyl groups is 2. The normalized spacial score (nSPS) is 12.7. The molecule has 2 atom stereocenters. The minimum Gasteiger partial charge on any atom is -0.466 e. The van der Waals surface area contributed by atoms with Crippen molar-refractivity contribution in [2.45, 2.75) is 302 Å². The number of nitrogens with one attached hydrogen (secondary N) is 1. The van der Waals surface area contributed by atoms with Gasteiger partial charge < -0.3 is 20.3 Å². The molecule has 0 aliphatic rings. The van der Waals surface area contributed by atoms with Crippen molar-refractivity contribution < 1.29 is 24.5 Å². The average molecular weight is 834 g/mol. The number of allylic oxidation sites excluding steroid dienone is 2. The molecule has 0 aliphatic heterocycles. The number of esters is 1. The van der Waals surface area contributed by atoms with E-state index in [1.54, 1.807) is 0 Å². The van der Waals surface area contributed by atoms with Crippen molar-refractivity contribution in [1.82, 2.24) is 5.32 Å². The van der Waals surface area contributed by atoms with Crippen LogP contribution in [0.25, 0.3) is 0 Å². The van der Waals surface area contributed by atoms with E-state index in [4.69, 9.17) is 4.74 Å². The number of hydrogen-bond acceptors (Lipinski definition) is 5. The Morgan fingerprint density at radius 1 is 0.458 bits per heavy atom. The van der Waals surface area contributed by atoms with Crippen LogP contribution in [0.3, 0.4) is 0 Å². The van der Waals surface area contributed by atoms with Gasteiger partial charge in [0.05, 0.1) is 25.4 Å². The molecule has 0 radical (unpaired) electrons. The van der Waals surface area contributed by atoms with Crippen LogP contribution in [0.5, 0.6) is 0 Å². The second-order valence-corrected chi connectivity index (χ2v) is 18.2. The van der Waals surface area contributed by atoms with Crippen molar-refractivity contribution in [3.63, 3.8) is 0 Å². The van der Waals surface area contributed by atoms with Crippen molar-refractivity contribution in [3.8, 4) is 0 Å². The number of carbonyl (C=O) groups is 2. The zero-order valence-electron chi connectivity index (χ0n) is 39.7. The third-order valence-electron chi connectivity index (χ3n) is 12.3. The molecule has 0 saturated heterocycles. The summed E-state index contributed by atoms with van der Waals surface area (Å²) in [6.07, 6.45) is 56.3. The lowest BCUT2D eigenvalue weighted by atomic mass is 10.0. The summed E-state index contributed by atoms with van der Waals surface area (Å²) in [4.78, 5) is 24.4. The van der Waals surface area contributed by atoms with Gasteiger partial charge in [0.15, 0.2) is 0 Å². The van der Waals surface area contributed by atoms with Gasteiger partial charge in [0.25, 0.3) is 0 Å². The number of unbranched alkanes of at least 4 members (excludes halogenated alkanes) is 36. The standard InChI is InChI=1S/C53H103NO5/c1-3-5-7-9-11-13-15-16-17-18-19-20-21-22-23-24-25-27-29-33-37-41-45-51(56)50(49-55)54-52(57)46-42-38-34-30-28-32-36-40-44-48-59-53(58)47-43-39-35-31-26-14-12-10-8-6-4-2/h30,34,50-51,55-56H,3-29,31-33,35-49H2,1-2H3,(H,54,57)/b34-30-.